The normalized spacial score (nSPS) is 11.2. The molecule has 0 aliphatic heterocycles. The van der Waals surface area contributed by atoms with Gasteiger partial charge < -0.3 is 68.5 Å². The maximum atomic E-state index is 12.0. The van der Waals surface area contributed by atoms with Crippen LogP contribution in [0.25, 0.3) is 0 Å². The molecule has 0 bridgehead atoms. The van der Waals surface area contributed by atoms with Crippen LogP contribution in [0.2, 0.25) is 0 Å². The summed E-state index contributed by atoms with van der Waals surface area (Å²) in [6.45, 7) is 14.1. The lowest BCUT2D eigenvalue weighted by molar-refractivity contribution is -0.144. The molecule has 0 radical (unpaired) electrons. The number of hydrogen-bond donors (Lipinski definition) is 6. The van der Waals surface area contributed by atoms with Gasteiger partial charge in [-0.3, -0.25) is 9.59 Å². The molecule has 0 spiro atoms. The third-order valence-electron chi connectivity index (χ3n) is 11.7. The molecule has 0 aromatic heterocycles. The number of phenolic OH excluding ortho intramolecular Hbond substituents is 6. The van der Waals surface area contributed by atoms with Crippen LogP contribution >= 0.6 is 0 Å². The quantitative estimate of drug-likeness (QED) is 0.0235. The molecule has 0 saturated heterocycles. The zero-order chi connectivity index (χ0) is 56.9. The summed E-state index contributed by atoms with van der Waals surface area (Å²) in [6.07, 6.45) is 2.35. The molecule has 6 N–H and O–H groups in total. The molecule has 0 saturated carbocycles. The van der Waals surface area contributed by atoms with Crippen LogP contribution in [0.1, 0.15) is 86.1 Å². The summed E-state index contributed by atoms with van der Waals surface area (Å²) in [4.78, 5) is 59.5. The van der Waals surface area contributed by atoms with Crippen molar-refractivity contribution in [2.24, 2.45) is 10.8 Å². The van der Waals surface area contributed by atoms with Crippen molar-refractivity contribution >= 4 is 29.8 Å². The Morgan fingerprint density at radius 3 is 1.09 bits per heavy atom. The van der Waals surface area contributed by atoms with Gasteiger partial charge in [-0.05, 0) is 156 Å². The van der Waals surface area contributed by atoms with Crippen molar-refractivity contribution in [3.05, 3.63) is 133 Å². The lowest BCUT2D eigenvalue weighted by atomic mass is 9.91. The Balaban J connectivity index is 0.000000250. The molecule has 0 heterocycles. The average Bonchev–Trinajstić information content (AvgIpc) is 3.41. The van der Waals surface area contributed by atoms with Gasteiger partial charge in [-0.2, -0.15) is 0 Å². The Kier molecular flexibility index (Phi) is 22.4. The van der Waals surface area contributed by atoms with Crippen molar-refractivity contribution in [1.29, 1.82) is 0 Å². The molecule has 1 atom stereocenters. The Hall–Kier alpha value is -9.13. The van der Waals surface area contributed by atoms with Crippen molar-refractivity contribution in [3.8, 4) is 80.5 Å². The smallest absolute Gasteiger partial charge is 0.349 e. The van der Waals surface area contributed by atoms with Gasteiger partial charge >= 0.3 is 29.8 Å². The summed E-state index contributed by atoms with van der Waals surface area (Å²) < 4.78 is 41.4. The second-order valence-electron chi connectivity index (χ2n) is 18.2. The fourth-order valence-electron chi connectivity index (χ4n) is 5.80. The largest absolute Gasteiger partial charge is 0.504 e. The highest BCUT2D eigenvalue weighted by Gasteiger charge is 2.29. The Morgan fingerprint density at radius 2 is 0.714 bits per heavy atom. The highest BCUT2D eigenvalue weighted by atomic mass is 16.6. The molecule has 6 aromatic rings. The molecular formula is C58H64O19. The van der Waals surface area contributed by atoms with E-state index in [1.54, 1.807) is 50.2 Å². The van der Waals surface area contributed by atoms with E-state index in [1.807, 2.05) is 39.8 Å². The summed E-state index contributed by atoms with van der Waals surface area (Å²) in [5, 5.41) is 56.9. The lowest BCUT2D eigenvalue weighted by Crippen LogP contribution is -2.28. The van der Waals surface area contributed by atoms with Crippen LogP contribution in [-0.2, 0) is 24.0 Å². The standard InChI is InChI=1S/2C20H22O7.C18H20O5/c1-4-20(2,3)19(24)27-14-10-8-13(9-11-14)26-17(22)12-25-16-7-5-6-15(21)18(16)23;1-4-20(2,3)19(24)26-14-10-8-13(9-11-14)25-12-17(22)27-16-7-5-6-15(21)18(16)23;1-3-12(2)13-7-9-14(10-8-13)23-17(20)11-22-16-6-4-5-15(19)18(16)21/h2*5-11,21,23H,4,12H2,1-3H3;4-10,12,19,21H,3,11H2,1-2H3. The molecular weight excluding hydrogens is 1000 g/mol. The fourth-order valence-corrected chi connectivity index (χ4v) is 5.80. The second-order valence-corrected chi connectivity index (χ2v) is 18.2. The van der Waals surface area contributed by atoms with Gasteiger partial charge in [0.25, 0.3) is 0 Å². The third-order valence-corrected chi connectivity index (χ3v) is 11.7. The number of carbonyl (C=O) groups excluding carboxylic acids is 5. The number of para-hydroxylation sites is 3. The van der Waals surface area contributed by atoms with Crippen molar-refractivity contribution < 1.29 is 92.5 Å². The van der Waals surface area contributed by atoms with Crippen LogP contribution in [0.5, 0.6) is 80.5 Å². The van der Waals surface area contributed by atoms with Crippen LogP contribution in [0.4, 0.5) is 0 Å². The van der Waals surface area contributed by atoms with E-state index in [-0.39, 0.29) is 53.0 Å². The zero-order valence-corrected chi connectivity index (χ0v) is 43.9. The molecule has 0 aliphatic carbocycles. The summed E-state index contributed by atoms with van der Waals surface area (Å²) in [7, 11) is 0. The Labute approximate surface area is 445 Å². The topological polar surface area (TPSA) is 281 Å². The van der Waals surface area contributed by atoms with Gasteiger partial charge in [-0.15, -0.1) is 0 Å². The highest BCUT2D eigenvalue weighted by Crippen LogP contribution is 2.37. The summed E-state index contributed by atoms with van der Waals surface area (Å²) >= 11 is 0. The predicted molar refractivity (Wildman–Crippen MR) is 280 cm³/mol. The van der Waals surface area contributed by atoms with Crippen molar-refractivity contribution in [2.45, 2.75) is 80.6 Å². The van der Waals surface area contributed by atoms with Gasteiger partial charge in [0.2, 0.25) is 17.2 Å². The van der Waals surface area contributed by atoms with Gasteiger partial charge in [0.1, 0.15) is 28.7 Å². The van der Waals surface area contributed by atoms with Crippen molar-refractivity contribution in [3.63, 3.8) is 0 Å². The molecule has 19 heteroatoms. The molecule has 19 nitrogen and oxygen atoms in total. The van der Waals surface area contributed by atoms with Gasteiger partial charge in [0, 0.05) is 0 Å². The van der Waals surface area contributed by atoms with Gasteiger partial charge in [-0.1, -0.05) is 58.0 Å². The minimum Gasteiger partial charge on any atom is -0.504 e. The number of hydrogen-bond acceptors (Lipinski definition) is 19. The minimum absolute atomic E-state index is 0.0223. The van der Waals surface area contributed by atoms with Gasteiger partial charge in [0.05, 0.1) is 10.8 Å². The number of phenols is 6. The second kappa shape index (κ2) is 28.5. The Morgan fingerprint density at radius 1 is 0.403 bits per heavy atom. The average molecular weight is 1070 g/mol. The van der Waals surface area contributed by atoms with Crippen molar-refractivity contribution in [2.75, 3.05) is 19.8 Å². The molecule has 6 rings (SSSR count). The third kappa shape index (κ3) is 18.9. The van der Waals surface area contributed by atoms with E-state index in [2.05, 4.69) is 13.8 Å². The SMILES string of the molecule is CCC(C)(C)C(=O)Oc1ccc(OC(=O)COc2cccc(O)c2O)cc1.CCC(C)(C)C(=O)Oc1ccc(OCC(=O)Oc2cccc(O)c2O)cc1.CCC(C)c1ccc(OC(=O)COc2cccc(O)c2O)cc1. The first kappa shape index (κ1) is 60.4. The fraction of sp³-hybridized carbons (Fsp3) is 0.293. The lowest BCUT2D eigenvalue weighted by Gasteiger charge is -2.20. The zero-order valence-electron chi connectivity index (χ0n) is 43.9. The van der Waals surface area contributed by atoms with Crippen LogP contribution in [-0.4, -0.2) is 80.3 Å². The predicted octanol–water partition coefficient (Wildman–Crippen LogP) is 10.4. The van der Waals surface area contributed by atoms with E-state index in [1.165, 1.54) is 84.4 Å². The van der Waals surface area contributed by atoms with E-state index in [0.29, 0.717) is 41.8 Å². The number of ether oxygens (including phenoxy) is 8. The molecule has 1 unspecified atom stereocenters. The molecule has 410 valence electrons. The van der Waals surface area contributed by atoms with E-state index in [9.17, 15) is 54.6 Å². The van der Waals surface area contributed by atoms with Crippen LogP contribution < -0.4 is 37.9 Å². The van der Waals surface area contributed by atoms with Crippen LogP contribution in [0.15, 0.2) is 127 Å². The van der Waals surface area contributed by atoms with E-state index in [0.717, 1.165) is 6.42 Å². The first-order valence-corrected chi connectivity index (χ1v) is 24.2. The minimum atomic E-state index is -0.754. The number of aromatic hydroxyl groups is 6. The number of carbonyl (C=O) groups is 5. The van der Waals surface area contributed by atoms with E-state index in [4.69, 9.17) is 37.9 Å². The molecule has 77 heavy (non-hydrogen) atoms. The maximum Gasteiger partial charge on any atom is 0.349 e. The highest BCUT2D eigenvalue weighted by molar-refractivity contribution is 5.79. The first-order chi connectivity index (χ1) is 36.5. The molecule has 0 aliphatic rings. The number of rotatable bonds is 20. The number of esters is 5. The first-order valence-electron chi connectivity index (χ1n) is 24.2. The van der Waals surface area contributed by atoms with E-state index < -0.39 is 64.9 Å². The summed E-state index contributed by atoms with van der Waals surface area (Å²) in [5.41, 5.74) is 0.0317. The maximum absolute atomic E-state index is 12.0. The van der Waals surface area contributed by atoms with E-state index >= 15 is 0 Å². The number of benzene rings is 6. The molecule has 6 aromatic carbocycles. The molecule has 0 amide bonds. The van der Waals surface area contributed by atoms with Crippen LogP contribution in [0, 0.1) is 10.8 Å². The summed E-state index contributed by atoms with van der Waals surface area (Å²) in [5.74, 6) is -3.07. The monoisotopic (exact) mass is 1060 g/mol. The summed E-state index contributed by atoms with van der Waals surface area (Å²) in [6, 6.07) is 32.1. The van der Waals surface area contributed by atoms with Gasteiger partial charge in [0.15, 0.2) is 54.3 Å². The van der Waals surface area contributed by atoms with Crippen molar-refractivity contribution in [1.82, 2.24) is 0 Å². The van der Waals surface area contributed by atoms with Gasteiger partial charge in [-0.25, -0.2) is 14.4 Å². The van der Waals surface area contributed by atoms with Crippen LogP contribution in [0.3, 0.4) is 0 Å². The Bertz CT molecular complexity index is 2910. The molecule has 0 fully saturated rings.